The maximum absolute atomic E-state index is 11.3. The van der Waals surface area contributed by atoms with Gasteiger partial charge in [-0.3, -0.25) is 4.90 Å². The number of hydrogen-bond donors (Lipinski definition) is 1. The third kappa shape index (κ3) is 5.21. The molecule has 1 aromatic heterocycles. The maximum Gasteiger partial charge on any atom is 0.148 e. The van der Waals surface area contributed by atoms with Crippen molar-refractivity contribution in [1.82, 2.24) is 14.9 Å². The fourth-order valence-corrected chi connectivity index (χ4v) is 3.58. The number of anilines is 1. The SMILES string of the molecule is CCC[C@H]1CN(CCS(C)(=O)=O)C[C@@H]1Nc1cc(C)ncn1. The van der Waals surface area contributed by atoms with Crippen molar-refractivity contribution in [2.24, 2.45) is 5.92 Å². The van der Waals surface area contributed by atoms with Gasteiger partial charge in [-0.25, -0.2) is 18.4 Å². The zero-order valence-corrected chi connectivity index (χ0v) is 14.4. The molecule has 0 unspecified atom stereocenters. The summed E-state index contributed by atoms with van der Waals surface area (Å²) in [5.41, 5.74) is 0.941. The first-order valence-corrected chi connectivity index (χ1v) is 9.88. The van der Waals surface area contributed by atoms with Crippen molar-refractivity contribution in [2.45, 2.75) is 32.7 Å². The molecule has 0 aliphatic carbocycles. The van der Waals surface area contributed by atoms with Crippen LogP contribution < -0.4 is 5.32 Å². The van der Waals surface area contributed by atoms with Gasteiger partial charge in [0.05, 0.1) is 5.75 Å². The fourth-order valence-electron chi connectivity index (χ4n) is 2.99. The van der Waals surface area contributed by atoms with Crippen molar-refractivity contribution < 1.29 is 8.42 Å². The second-order valence-corrected chi connectivity index (χ2v) is 8.49. The molecule has 2 heterocycles. The molecule has 2 atom stereocenters. The Labute approximate surface area is 133 Å². The highest BCUT2D eigenvalue weighted by atomic mass is 32.2. The van der Waals surface area contributed by atoms with Gasteiger partial charge in [-0.15, -0.1) is 0 Å². The first kappa shape index (κ1) is 17.1. The molecule has 0 bridgehead atoms. The minimum Gasteiger partial charge on any atom is -0.366 e. The van der Waals surface area contributed by atoms with E-state index in [1.807, 2.05) is 13.0 Å². The molecule has 0 saturated carbocycles. The Bertz CT molecular complexity index is 591. The van der Waals surface area contributed by atoms with Crippen LogP contribution in [0.5, 0.6) is 0 Å². The van der Waals surface area contributed by atoms with Crippen LogP contribution in [0.4, 0.5) is 5.82 Å². The standard InChI is InChI=1S/C15H26N4O2S/c1-4-5-13-9-19(6-7-22(3,20)21)10-14(13)18-15-8-12(2)16-11-17-15/h8,11,13-14H,4-7,9-10H2,1-3H3,(H,16,17,18)/t13-,14-/m0/s1. The van der Waals surface area contributed by atoms with E-state index < -0.39 is 9.84 Å². The summed E-state index contributed by atoms with van der Waals surface area (Å²) in [5, 5.41) is 3.50. The van der Waals surface area contributed by atoms with Crippen molar-refractivity contribution in [3.8, 4) is 0 Å². The first-order valence-electron chi connectivity index (χ1n) is 7.82. The molecule has 7 heteroatoms. The molecule has 0 amide bonds. The van der Waals surface area contributed by atoms with Crippen LogP contribution in [0.1, 0.15) is 25.5 Å². The van der Waals surface area contributed by atoms with E-state index in [1.165, 1.54) is 6.26 Å². The Kier molecular flexibility index (Phi) is 5.74. The summed E-state index contributed by atoms with van der Waals surface area (Å²) in [6.07, 6.45) is 5.14. The molecule has 22 heavy (non-hydrogen) atoms. The van der Waals surface area contributed by atoms with Gasteiger partial charge < -0.3 is 5.32 Å². The fraction of sp³-hybridized carbons (Fsp3) is 0.733. The zero-order chi connectivity index (χ0) is 16.2. The zero-order valence-electron chi connectivity index (χ0n) is 13.6. The molecule has 0 radical (unpaired) electrons. The van der Waals surface area contributed by atoms with Gasteiger partial charge in [-0.2, -0.15) is 0 Å². The lowest BCUT2D eigenvalue weighted by molar-refractivity contribution is 0.338. The molecule has 124 valence electrons. The monoisotopic (exact) mass is 326 g/mol. The van der Waals surface area contributed by atoms with Crippen LogP contribution in [0.3, 0.4) is 0 Å². The van der Waals surface area contributed by atoms with Crippen LogP contribution >= 0.6 is 0 Å². The van der Waals surface area contributed by atoms with E-state index in [0.29, 0.717) is 18.5 Å². The van der Waals surface area contributed by atoms with Crippen molar-refractivity contribution in [3.05, 3.63) is 18.1 Å². The number of nitrogens with one attached hydrogen (secondary N) is 1. The molecule has 0 spiro atoms. The molecule has 2 rings (SSSR count). The molecule has 1 N–H and O–H groups in total. The van der Waals surface area contributed by atoms with Gasteiger partial charge in [0.25, 0.3) is 0 Å². The van der Waals surface area contributed by atoms with Gasteiger partial charge in [0.1, 0.15) is 22.0 Å². The van der Waals surface area contributed by atoms with E-state index >= 15 is 0 Å². The van der Waals surface area contributed by atoms with E-state index in [4.69, 9.17) is 0 Å². The molecular formula is C15H26N4O2S. The lowest BCUT2D eigenvalue weighted by Crippen LogP contribution is -2.31. The predicted octanol–water partition coefficient (Wildman–Crippen LogP) is 1.34. The number of nitrogens with zero attached hydrogens (tertiary/aromatic N) is 3. The largest absolute Gasteiger partial charge is 0.366 e. The van der Waals surface area contributed by atoms with Crippen LogP contribution in [0, 0.1) is 12.8 Å². The minimum absolute atomic E-state index is 0.227. The summed E-state index contributed by atoms with van der Waals surface area (Å²) in [6, 6.07) is 2.26. The quantitative estimate of drug-likeness (QED) is 0.815. The summed E-state index contributed by atoms with van der Waals surface area (Å²) in [6.45, 7) is 6.56. The normalized spacial score (nSPS) is 22.9. The van der Waals surface area contributed by atoms with Gasteiger partial charge in [0, 0.05) is 43.7 Å². The Morgan fingerprint density at radius 2 is 2.14 bits per heavy atom. The molecule has 0 aromatic carbocycles. The van der Waals surface area contributed by atoms with E-state index in [2.05, 4.69) is 27.1 Å². The average Bonchev–Trinajstić information content (AvgIpc) is 2.79. The Balaban J connectivity index is 1.98. The van der Waals surface area contributed by atoms with Crippen LogP contribution in [0.25, 0.3) is 0 Å². The lowest BCUT2D eigenvalue weighted by Gasteiger charge is -2.20. The van der Waals surface area contributed by atoms with E-state index in [0.717, 1.165) is 37.4 Å². The number of rotatable bonds is 7. The molecule has 1 aromatic rings. The van der Waals surface area contributed by atoms with Crippen LogP contribution in [-0.2, 0) is 9.84 Å². The number of aryl methyl sites for hydroxylation is 1. The highest BCUT2D eigenvalue weighted by Gasteiger charge is 2.32. The highest BCUT2D eigenvalue weighted by Crippen LogP contribution is 2.24. The molecule has 1 saturated heterocycles. The number of aromatic nitrogens is 2. The third-order valence-electron chi connectivity index (χ3n) is 4.09. The summed E-state index contributed by atoms with van der Waals surface area (Å²) in [5.74, 6) is 1.61. The number of likely N-dealkylation sites (tertiary alicyclic amines) is 1. The van der Waals surface area contributed by atoms with Crippen molar-refractivity contribution >= 4 is 15.7 Å². The highest BCUT2D eigenvalue weighted by molar-refractivity contribution is 7.90. The number of sulfone groups is 1. The Morgan fingerprint density at radius 3 is 2.77 bits per heavy atom. The Hall–Kier alpha value is -1.21. The van der Waals surface area contributed by atoms with Crippen molar-refractivity contribution in [1.29, 1.82) is 0 Å². The van der Waals surface area contributed by atoms with Gasteiger partial charge in [-0.1, -0.05) is 13.3 Å². The summed E-state index contributed by atoms with van der Waals surface area (Å²) >= 11 is 0. The average molecular weight is 326 g/mol. The minimum atomic E-state index is -2.91. The maximum atomic E-state index is 11.3. The van der Waals surface area contributed by atoms with Crippen LogP contribution in [-0.4, -0.2) is 61.0 Å². The third-order valence-corrected chi connectivity index (χ3v) is 5.02. The predicted molar refractivity (Wildman–Crippen MR) is 88.7 cm³/mol. The molecular weight excluding hydrogens is 300 g/mol. The first-order chi connectivity index (χ1) is 10.4. The van der Waals surface area contributed by atoms with E-state index in [-0.39, 0.29) is 5.75 Å². The summed E-state index contributed by atoms with van der Waals surface area (Å²) in [4.78, 5) is 10.6. The van der Waals surface area contributed by atoms with Crippen molar-refractivity contribution in [2.75, 3.05) is 37.0 Å². The van der Waals surface area contributed by atoms with Gasteiger partial charge >= 0.3 is 0 Å². The van der Waals surface area contributed by atoms with Crippen LogP contribution in [0.2, 0.25) is 0 Å². The van der Waals surface area contributed by atoms with Gasteiger partial charge in [0.2, 0.25) is 0 Å². The number of hydrogen-bond acceptors (Lipinski definition) is 6. The summed E-state index contributed by atoms with van der Waals surface area (Å²) < 4.78 is 22.7. The smallest absolute Gasteiger partial charge is 0.148 e. The summed E-state index contributed by atoms with van der Waals surface area (Å²) in [7, 11) is -2.91. The van der Waals surface area contributed by atoms with Gasteiger partial charge in [-0.05, 0) is 19.3 Å². The van der Waals surface area contributed by atoms with Crippen molar-refractivity contribution in [3.63, 3.8) is 0 Å². The molecule has 1 aliphatic rings. The van der Waals surface area contributed by atoms with Gasteiger partial charge in [0.15, 0.2) is 0 Å². The van der Waals surface area contributed by atoms with Crippen LogP contribution in [0.15, 0.2) is 12.4 Å². The van der Waals surface area contributed by atoms with E-state index in [9.17, 15) is 8.42 Å². The topological polar surface area (TPSA) is 75.2 Å². The molecule has 1 aliphatic heterocycles. The second kappa shape index (κ2) is 7.37. The molecule has 6 nitrogen and oxygen atoms in total. The second-order valence-electron chi connectivity index (χ2n) is 6.23. The van der Waals surface area contributed by atoms with E-state index in [1.54, 1.807) is 6.33 Å². The Morgan fingerprint density at radius 1 is 1.36 bits per heavy atom. The molecule has 1 fully saturated rings. The lowest BCUT2D eigenvalue weighted by atomic mass is 9.98.